The Balaban J connectivity index is 1.62. The number of ether oxygens (including phenoxy) is 1. The van der Waals surface area contributed by atoms with E-state index in [0.29, 0.717) is 24.5 Å². The van der Waals surface area contributed by atoms with E-state index in [1.807, 2.05) is 0 Å². The lowest BCUT2D eigenvalue weighted by Gasteiger charge is -2.20. The lowest BCUT2D eigenvalue weighted by Crippen LogP contribution is -2.31. The topological polar surface area (TPSA) is 70.7 Å². The van der Waals surface area contributed by atoms with Crippen LogP contribution in [0, 0.1) is 0 Å². The summed E-state index contributed by atoms with van der Waals surface area (Å²) in [6, 6.07) is 11.5. The molecule has 1 aliphatic heterocycles. The van der Waals surface area contributed by atoms with Crippen LogP contribution in [0.1, 0.15) is 25.7 Å². The normalized spacial score (nSPS) is 15.7. The number of sulfonamides is 1. The average molecular weight is 474 g/mol. The zero-order valence-corrected chi connectivity index (χ0v) is 18.1. The van der Waals surface area contributed by atoms with Crippen molar-refractivity contribution in [1.29, 1.82) is 0 Å². The largest absolute Gasteiger partial charge is 0.573 e. The third-order valence-electron chi connectivity index (χ3n) is 4.64. The molecule has 11 heteroatoms. The molecule has 3 rings (SSSR count). The molecule has 1 aliphatic rings. The van der Waals surface area contributed by atoms with Gasteiger partial charge in [0.1, 0.15) is 5.75 Å². The van der Waals surface area contributed by atoms with Crippen molar-refractivity contribution in [2.24, 2.45) is 0 Å². The van der Waals surface area contributed by atoms with Gasteiger partial charge in [0, 0.05) is 30.5 Å². The second kappa shape index (κ2) is 9.84. The van der Waals surface area contributed by atoms with Gasteiger partial charge in [-0.25, -0.2) is 8.42 Å². The Morgan fingerprint density at radius 3 is 2.16 bits per heavy atom. The van der Waals surface area contributed by atoms with Crippen LogP contribution in [-0.4, -0.2) is 37.3 Å². The van der Waals surface area contributed by atoms with Crippen molar-refractivity contribution < 1.29 is 26.3 Å². The smallest absolute Gasteiger partial charge is 0.406 e. The summed E-state index contributed by atoms with van der Waals surface area (Å²) >= 11 is 5.18. The molecule has 2 N–H and O–H groups in total. The number of nitrogens with zero attached hydrogens (tertiary/aromatic N) is 1. The number of rotatable bonds is 5. The molecule has 0 amide bonds. The number of hydrogen-bond acceptors (Lipinski definition) is 4. The minimum absolute atomic E-state index is 0.132. The van der Waals surface area contributed by atoms with Gasteiger partial charge in [-0.15, -0.1) is 13.2 Å². The van der Waals surface area contributed by atoms with Crippen LogP contribution in [0.15, 0.2) is 53.4 Å². The van der Waals surface area contributed by atoms with Crippen molar-refractivity contribution in [1.82, 2.24) is 4.31 Å². The molecule has 2 aromatic carbocycles. The van der Waals surface area contributed by atoms with Crippen molar-refractivity contribution in [3.63, 3.8) is 0 Å². The Hall–Kier alpha value is -2.37. The number of alkyl halides is 3. The molecule has 0 unspecified atom stereocenters. The standard InChI is InChI=1S/C20H22F3N3O3S2/c21-20(22,23)29-17-7-5-6-16(14-17)25-19(30)24-15-8-10-18(11-9-15)31(27,28)26-12-3-1-2-4-13-26/h5-11,14H,1-4,12-13H2,(H2,24,25,30). The van der Waals surface area contributed by atoms with E-state index in [2.05, 4.69) is 15.4 Å². The third-order valence-corrected chi connectivity index (χ3v) is 6.76. The molecule has 0 radical (unpaired) electrons. The minimum Gasteiger partial charge on any atom is -0.406 e. The Kier molecular flexibility index (Phi) is 7.39. The number of thiocarbonyl (C=S) groups is 1. The van der Waals surface area contributed by atoms with Crippen LogP contribution in [0.3, 0.4) is 0 Å². The minimum atomic E-state index is -4.78. The molecule has 0 saturated carbocycles. The average Bonchev–Trinajstić information content (AvgIpc) is 2.97. The van der Waals surface area contributed by atoms with E-state index < -0.39 is 16.4 Å². The van der Waals surface area contributed by atoms with E-state index in [1.54, 1.807) is 12.1 Å². The van der Waals surface area contributed by atoms with Gasteiger partial charge in [0.2, 0.25) is 10.0 Å². The maximum Gasteiger partial charge on any atom is 0.573 e. The first-order valence-corrected chi connectivity index (χ1v) is 11.5. The number of benzene rings is 2. The first kappa shape index (κ1) is 23.3. The third kappa shape index (κ3) is 6.81. The van der Waals surface area contributed by atoms with E-state index in [4.69, 9.17) is 12.2 Å². The highest BCUT2D eigenvalue weighted by atomic mass is 32.2. The first-order chi connectivity index (χ1) is 14.6. The van der Waals surface area contributed by atoms with Crippen molar-refractivity contribution in [2.45, 2.75) is 36.9 Å². The van der Waals surface area contributed by atoms with Gasteiger partial charge in [-0.2, -0.15) is 4.31 Å². The summed E-state index contributed by atoms with van der Waals surface area (Å²) in [6.07, 6.45) is -1.01. The monoisotopic (exact) mass is 473 g/mol. The van der Waals surface area contributed by atoms with Gasteiger partial charge in [0.05, 0.1) is 4.90 Å². The molecule has 168 valence electrons. The molecule has 1 saturated heterocycles. The van der Waals surface area contributed by atoms with Crippen molar-refractivity contribution in [3.8, 4) is 5.75 Å². The van der Waals surface area contributed by atoms with Crippen molar-refractivity contribution in [3.05, 3.63) is 48.5 Å². The first-order valence-electron chi connectivity index (χ1n) is 9.67. The highest BCUT2D eigenvalue weighted by molar-refractivity contribution is 7.89. The Morgan fingerprint density at radius 2 is 1.55 bits per heavy atom. The number of hydrogen-bond donors (Lipinski definition) is 2. The van der Waals surface area contributed by atoms with Crippen LogP contribution in [0.4, 0.5) is 24.5 Å². The summed E-state index contributed by atoms with van der Waals surface area (Å²) in [5.41, 5.74) is 0.842. The van der Waals surface area contributed by atoms with Gasteiger partial charge in [0.15, 0.2) is 5.11 Å². The lowest BCUT2D eigenvalue weighted by molar-refractivity contribution is -0.274. The molecule has 31 heavy (non-hydrogen) atoms. The summed E-state index contributed by atoms with van der Waals surface area (Å²) in [7, 11) is -3.55. The zero-order chi connectivity index (χ0) is 22.5. The van der Waals surface area contributed by atoms with Crippen LogP contribution < -0.4 is 15.4 Å². The fourth-order valence-electron chi connectivity index (χ4n) is 3.21. The second-order valence-electron chi connectivity index (χ2n) is 7.00. The van der Waals surface area contributed by atoms with E-state index in [-0.39, 0.29) is 15.8 Å². The Labute approximate surface area is 184 Å². The highest BCUT2D eigenvalue weighted by Gasteiger charge is 2.31. The van der Waals surface area contributed by atoms with E-state index in [1.165, 1.54) is 40.7 Å². The number of anilines is 2. The SMILES string of the molecule is O=S(=O)(c1ccc(NC(=S)Nc2cccc(OC(F)(F)F)c2)cc1)N1CCCCCC1. The molecule has 1 fully saturated rings. The lowest BCUT2D eigenvalue weighted by atomic mass is 10.2. The summed E-state index contributed by atoms with van der Waals surface area (Å²) < 4.78 is 68.1. The summed E-state index contributed by atoms with van der Waals surface area (Å²) in [6.45, 7) is 1.04. The zero-order valence-electron chi connectivity index (χ0n) is 16.5. The van der Waals surface area contributed by atoms with Gasteiger partial charge < -0.3 is 15.4 Å². The molecule has 1 heterocycles. The Bertz CT molecular complexity index is 1000. The summed E-state index contributed by atoms with van der Waals surface area (Å²) in [5.74, 6) is -0.372. The summed E-state index contributed by atoms with van der Waals surface area (Å²) in [5, 5.41) is 5.77. The quantitative estimate of drug-likeness (QED) is 0.599. The molecule has 0 aliphatic carbocycles. The highest BCUT2D eigenvalue weighted by Crippen LogP contribution is 2.25. The predicted octanol–water partition coefficient (Wildman–Crippen LogP) is 4.96. The van der Waals surface area contributed by atoms with Crippen molar-refractivity contribution in [2.75, 3.05) is 23.7 Å². The van der Waals surface area contributed by atoms with Gasteiger partial charge in [-0.05, 0) is 61.5 Å². The predicted molar refractivity (Wildman–Crippen MR) is 117 cm³/mol. The van der Waals surface area contributed by atoms with Crippen LogP contribution in [0.2, 0.25) is 0 Å². The molecule has 0 spiro atoms. The molecule has 6 nitrogen and oxygen atoms in total. The fourth-order valence-corrected chi connectivity index (χ4v) is 4.96. The molecular formula is C20H22F3N3O3S2. The maximum atomic E-state index is 12.8. The maximum absolute atomic E-state index is 12.8. The van der Waals surface area contributed by atoms with Gasteiger partial charge >= 0.3 is 6.36 Å². The molecule has 0 atom stereocenters. The van der Waals surface area contributed by atoms with Crippen LogP contribution in [0.25, 0.3) is 0 Å². The van der Waals surface area contributed by atoms with Gasteiger partial charge in [-0.1, -0.05) is 18.9 Å². The second-order valence-corrected chi connectivity index (χ2v) is 9.34. The van der Waals surface area contributed by atoms with Crippen molar-refractivity contribution >= 4 is 38.7 Å². The fraction of sp³-hybridized carbons (Fsp3) is 0.350. The molecule has 0 bridgehead atoms. The van der Waals surface area contributed by atoms with E-state index >= 15 is 0 Å². The van der Waals surface area contributed by atoms with Crippen LogP contribution >= 0.6 is 12.2 Å². The molecule has 0 aromatic heterocycles. The molecular weight excluding hydrogens is 451 g/mol. The van der Waals surface area contributed by atoms with E-state index in [9.17, 15) is 21.6 Å². The van der Waals surface area contributed by atoms with Gasteiger partial charge in [0.25, 0.3) is 0 Å². The van der Waals surface area contributed by atoms with Gasteiger partial charge in [-0.3, -0.25) is 0 Å². The number of nitrogens with one attached hydrogen (secondary N) is 2. The Morgan fingerprint density at radius 1 is 0.935 bits per heavy atom. The number of halogens is 3. The van der Waals surface area contributed by atoms with Crippen LogP contribution in [-0.2, 0) is 10.0 Å². The molecule has 2 aromatic rings. The van der Waals surface area contributed by atoms with E-state index in [0.717, 1.165) is 25.7 Å². The summed E-state index contributed by atoms with van der Waals surface area (Å²) in [4.78, 5) is 0.204. The van der Waals surface area contributed by atoms with Crippen LogP contribution in [0.5, 0.6) is 5.75 Å².